The van der Waals surface area contributed by atoms with E-state index in [-0.39, 0.29) is 5.75 Å². The van der Waals surface area contributed by atoms with Gasteiger partial charge in [0, 0.05) is 5.57 Å². The number of hydrogen-bond donors (Lipinski definition) is 2. The van der Waals surface area contributed by atoms with Crippen molar-refractivity contribution in [2.45, 2.75) is 26.7 Å². The molecular weight excluding hydrogens is 244 g/mol. The highest BCUT2D eigenvalue weighted by molar-refractivity contribution is 5.92. The van der Waals surface area contributed by atoms with Crippen molar-refractivity contribution >= 4 is 12.0 Å². The van der Waals surface area contributed by atoms with Crippen LogP contribution in [-0.2, 0) is 4.79 Å². The van der Waals surface area contributed by atoms with Crippen LogP contribution in [0.15, 0.2) is 23.8 Å². The van der Waals surface area contributed by atoms with E-state index >= 15 is 0 Å². The average molecular weight is 264 g/mol. The lowest BCUT2D eigenvalue weighted by atomic mass is 10.0. The highest BCUT2D eigenvalue weighted by Crippen LogP contribution is 2.27. The predicted molar refractivity (Wildman–Crippen MR) is 74.3 cm³/mol. The summed E-state index contributed by atoms with van der Waals surface area (Å²) in [6, 6.07) is 4.77. The topological polar surface area (TPSA) is 66.8 Å². The van der Waals surface area contributed by atoms with E-state index in [0.717, 1.165) is 6.42 Å². The number of aromatic hydroxyl groups is 1. The van der Waals surface area contributed by atoms with Gasteiger partial charge in [0.25, 0.3) is 0 Å². The summed E-state index contributed by atoms with van der Waals surface area (Å²) in [7, 11) is 1.46. The molecule has 104 valence electrons. The lowest BCUT2D eigenvalue weighted by Gasteiger charge is -2.07. The second-order valence-corrected chi connectivity index (χ2v) is 4.84. The molecule has 0 amide bonds. The molecule has 4 heteroatoms. The number of carboxylic acids is 1. The Morgan fingerprint density at radius 3 is 2.63 bits per heavy atom. The standard InChI is InChI=1S/C15H20O4/c1-10(2)4-6-12(15(17)18)8-11-5-7-13(16)14(9-11)19-3/h5,7-10,16H,4,6H2,1-3H3,(H,17,18)/b12-8+. The van der Waals surface area contributed by atoms with Gasteiger partial charge in [0.05, 0.1) is 7.11 Å². The van der Waals surface area contributed by atoms with Crippen LogP contribution in [0.3, 0.4) is 0 Å². The van der Waals surface area contributed by atoms with Crippen molar-refractivity contribution in [3.63, 3.8) is 0 Å². The molecular formula is C15H20O4. The van der Waals surface area contributed by atoms with Gasteiger partial charge in [-0.05, 0) is 42.5 Å². The first-order chi connectivity index (χ1) is 8.93. The molecule has 4 nitrogen and oxygen atoms in total. The van der Waals surface area contributed by atoms with E-state index < -0.39 is 5.97 Å². The van der Waals surface area contributed by atoms with Gasteiger partial charge in [-0.3, -0.25) is 0 Å². The minimum absolute atomic E-state index is 0.0405. The van der Waals surface area contributed by atoms with Gasteiger partial charge in [-0.15, -0.1) is 0 Å². The molecule has 0 spiro atoms. The fourth-order valence-electron chi connectivity index (χ4n) is 1.67. The van der Waals surface area contributed by atoms with E-state index in [1.165, 1.54) is 13.2 Å². The second kappa shape index (κ2) is 6.83. The maximum absolute atomic E-state index is 11.2. The zero-order chi connectivity index (χ0) is 14.4. The zero-order valence-electron chi connectivity index (χ0n) is 11.5. The maximum atomic E-state index is 11.2. The molecule has 1 aromatic carbocycles. The molecule has 0 fully saturated rings. The number of hydrogen-bond acceptors (Lipinski definition) is 3. The summed E-state index contributed by atoms with van der Waals surface area (Å²) in [5.74, 6) is -0.0779. The van der Waals surface area contributed by atoms with E-state index in [4.69, 9.17) is 4.74 Å². The molecule has 0 aliphatic rings. The number of carbonyl (C=O) groups is 1. The molecule has 0 radical (unpaired) electrons. The molecule has 0 unspecified atom stereocenters. The first-order valence-electron chi connectivity index (χ1n) is 6.25. The van der Waals surface area contributed by atoms with Crippen molar-refractivity contribution in [1.82, 2.24) is 0 Å². The molecule has 0 aliphatic carbocycles. The van der Waals surface area contributed by atoms with E-state index in [1.807, 2.05) is 0 Å². The SMILES string of the molecule is COc1cc(/C=C(\CCC(C)C)C(=O)O)ccc1O. The molecule has 0 saturated heterocycles. The lowest BCUT2D eigenvalue weighted by Crippen LogP contribution is -2.02. The number of ether oxygens (including phenoxy) is 1. The van der Waals surface area contributed by atoms with Crippen molar-refractivity contribution in [1.29, 1.82) is 0 Å². The molecule has 0 atom stereocenters. The summed E-state index contributed by atoms with van der Waals surface area (Å²) in [5, 5.41) is 18.7. The number of aliphatic carboxylic acids is 1. The number of phenolic OH excluding ortho intramolecular Hbond substituents is 1. The molecule has 2 N–H and O–H groups in total. The van der Waals surface area contributed by atoms with Crippen LogP contribution in [0, 0.1) is 5.92 Å². The Balaban J connectivity index is 2.98. The molecule has 0 aliphatic heterocycles. The van der Waals surface area contributed by atoms with Crippen LogP contribution in [-0.4, -0.2) is 23.3 Å². The number of benzene rings is 1. The minimum atomic E-state index is -0.910. The fourth-order valence-corrected chi connectivity index (χ4v) is 1.67. The number of rotatable bonds is 6. The van der Waals surface area contributed by atoms with Gasteiger partial charge in [0.1, 0.15) is 0 Å². The monoisotopic (exact) mass is 264 g/mol. The molecule has 0 bridgehead atoms. The van der Waals surface area contributed by atoms with Crippen molar-refractivity contribution in [2.24, 2.45) is 5.92 Å². The van der Waals surface area contributed by atoms with Crippen LogP contribution in [0.25, 0.3) is 6.08 Å². The molecule has 1 rings (SSSR count). The van der Waals surface area contributed by atoms with Gasteiger partial charge in [-0.25, -0.2) is 4.79 Å². The third-order valence-corrected chi connectivity index (χ3v) is 2.81. The van der Waals surface area contributed by atoms with E-state index in [1.54, 1.807) is 18.2 Å². The van der Waals surface area contributed by atoms with Gasteiger partial charge in [-0.2, -0.15) is 0 Å². The van der Waals surface area contributed by atoms with E-state index in [9.17, 15) is 15.0 Å². The normalized spacial score (nSPS) is 11.7. The Labute approximate surface area is 113 Å². The third kappa shape index (κ3) is 4.66. The van der Waals surface area contributed by atoms with Gasteiger partial charge in [-0.1, -0.05) is 19.9 Å². The van der Waals surface area contributed by atoms with Crippen LogP contribution in [0.5, 0.6) is 11.5 Å². The third-order valence-electron chi connectivity index (χ3n) is 2.81. The van der Waals surface area contributed by atoms with Gasteiger partial charge < -0.3 is 14.9 Å². The first kappa shape index (κ1) is 15.1. The highest BCUT2D eigenvalue weighted by atomic mass is 16.5. The Morgan fingerprint density at radius 1 is 1.42 bits per heavy atom. The zero-order valence-corrected chi connectivity index (χ0v) is 11.5. The number of methoxy groups -OCH3 is 1. The van der Waals surface area contributed by atoms with Gasteiger partial charge in [0.2, 0.25) is 0 Å². The molecule has 0 saturated carbocycles. The number of phenols is 1. The van der Waals surface area contributed by atoms with Crippen LogP contribution >= 0.6 is 0 Å². The average Bonchev–Trinajstić information content (AvgIpc) is 2.35. The van der Waals surface area contributed by atoms with Crippen LogP contribution in [0.1, 0.15) is 32.3 Å². The Morgan fingerprint density at radius 2 is 2.11 bits per heavy atom. The Kier molecular flexibility index (Phi) is 5.42. The summed E-state index contributed by atoms with van der Waals surface area (Å²) in [4.78, 5) is 11.2. The summed E-state index contributed by atoms with van der Waals surface area (Å²) in [6.07, 6.45) is 2.97. The maximum Gasteiger partial charge on any atom is 0.331 e. The largest absolute Gasteiger partial charge is 0.504 e. The van der Waals surface area contributed by atoms with E-state index in [0.29, 0.717) is 29.2 Å². The molecule has 1 aromatic rings. The fraction of sp³-hybridized carbons (Fsp3) is 0.400. The van der Waals surface area contributed by atoms with Crippen LogP contribution in [0.4, 0.5) is 0 Å². The smallest absolute Gasteiger partial charge is 0.331 e. The van der Waals surface area contributed by atoms with Crippen molar-refractivity contribution in [3.05, 3.63) is 29.3 Å². The van der Waals surface area contributed by atoms with Crippen molar-refractivity contribution in [3.8, 4) is 11.5 Å². The van der Waals surface area contributed by atoms with Gasteiger partial charge in [0.15, 0.2) is 11.5 Å². The quantitative estimate of drug-likeness (QED) is 0.774. The minimum Gasteiger partial charge on any atom is -0.504 e. The first-order valence-corrected chi connectivity index (χ1v) is 6.25. The van der Waals surface area contributed by atoms with Crippen LogP contribution < -0.4 is 4.74 Å². The lowest BCUT2D eigenvalue weighted by molar-refractivity contribution is -0.132. The summed E-state index contributed by atoms with van der Waals surface area (Å²) >= 11 is 0. The van der Waals surface area contributed by atoms with E-state index in [2.05, 4.69) is 13.8 Å². The van der Waals surface area contributed by atoms with Crippen molar-refractivity contribution in [2.75, 3.05) is 7.11 Å². The van der Waals surface area contributed by atoms with Crippen molar-refractivity contribution < 1.29 is 19.7 Å². The van der Waals surface area contributed by atoms with Gasteiger partial charge >= 0.3 is 5.97 Å². The Hall–Kier alpha value is -1.97. The van der Waals surface area contributed by atoms with Crippen LogP contribution in [0.2, 0.25) is 0 Å². The molecule has 19 heavy (non-hydrogen) atoms. The highest BCUT2D eigenvalue weighted by Gasteiger charge is 2.09. The molecule has 0 aromatic heterocycles. The molecule has 0 heterocycles. The summed E-state index contributed by atoms with van der Waals surface area (Å²) in [6.45, 7) is 4.12. The predicted octanol–water partition coefficient (Wildman–Crippen LogP) is 3.31. The second-order valence-electron chi connectivity index (χ2n) is 4.84. The summed E-state index contributed by atoms with van der Waals surface area (Å²) < 4.78 is 5.00. The summed E-state index contributed by atoms with van der Waals surface area (Å²) in [5.41, 5.74) is 1.07. The Bertz CT molecular complexity index is 475. The number of carboxylic acid groups (broad SMARTS) is 1.